The number of hydrazone groups is 1. The molecular formula is C18H13FN4O3S. The average Bonchev–Trinajstić information content (AvgIpc) is 3.12. The van der Waals surface area contributed by atoms with Crippen LogP contribution in [0.4, 0.5) is 15.8 Å². The molecule has 1 aromatic heterocycles. The zero-order chi connectivity index (χ0) is 19.2. The monoisotopic (exact) mass is 384 g/mol. The fraction of sp³-hybridized carbons (Fsp3) is 0. The number of nitrogens with zero attached hydrogens (tertiary/aromatic N) is 2. The van der Waals surface area contributed by atoms with Crippen molar-refractivity contribution in [3.05, 3.63) is 82.4 Å². The second-order valence-corrected chi connectivity index (χ2v) is 5.72. The van der Waals surface area contributed by atoms with Crippen molar-refractivity contribution in [2.45, 2.75) is 0 Å². The van der Waals surface area contributed by atoms with E-state index in [2.05, 4.69) is 15.8 Å². The van der Waals surface area contributed by atoms with Gasteiger partial charge in [-0.05, 0) is 48.6 Å². The van der Waals surface area contributed by atoms with E-state index in [-0.39, 0.29) is 16.5 Å². The van der Waals surface area contributed by atoms with E-state index in [4.69, 9.17) is 16.6 Å². The summed E-state index contributed by atoms with van der Waals surface area (Å²) in [5.41, 5.74) is 3.51. The van der Waals surface area contributed by atoms with Gasteiger partial charge in [0.05, 0.1) is 16.8 Å². The number of furan rings is 1. The second-order valence-electron chi connectivity index (χ2n) is 5.31. The van der Waals surface area contributed by atoms with Crippen LogP contribution in [0.15, 0.2) is 70.2 Å². The summed E-state index contributed by atoms with van der Waals surface area (Å²) in [6.07, 6.45) is 1.41. The highest BCUT2D eigenvalue weighted by molar-refractivity contribution is 7.80. The molecule has 0 spiro atoms. The normalized spacial score (nSPS) is 10.7. The van der Waals surface area contributed by atoms with Gasteiger partial charge < -0.3 is 9.73 Å². The van der Waals surface area contributed by atoms with E-state index < -0.39 is 10.7 Å². The van der Waals surface area contributed by atoms with Gasteiger partial charge in [0.1, 0.15) is 17.3 Å². The van der Waals surface area contributed by atoms with Crippen LogP contribution in [0.5, 0.6) is 0 Å². The number of thiocarbonyl (C=S) groups is 1. The van der Waals surface area contributed by atoms with Crippen LogP contribution in [0.25, 0.3) is 11.3 Å². The van der Waals surface area contributed by atoms with Crippen LogP contribution in [-0.4, -0.2) is 16.3 Å². The third kappa shape index (κ3) is 4.73. The number of non-ortho nitro benzene ring substituents is 1. The van der Waals surface area contributed by atoms with Crippen molar-refractivity contribution in [3.63, 3.8) is 0 Å². The summed E-state index contributed by atoms with van der Waals surface area (Å²) >= 11 is 5.04. The van der Waals surface area contributed by atoms with Crippen LogP contribution in [0.2, 0.25) is 0 Å². The number of nitro benzene ring substituents is 1. The Bertz CT molecular complexity index is 1000. The maximum absolute atomic E-state index is 13.5. The molecule has 0 bridgehead atoms. The first-order valence-electron chi connectivity index (χ1n) is 7.72. The van der Waals surface area contributed by atoms with Crippen LogP contribution in [0, 0.1) is 15.9 Å². The standard InChI is InChI=1S/C18H13FN4O3S/c19-15-3-1-2-4-16(15)21-18(27)22-20-11-14-9-10-17(26-14)12-5-7-13(8-6-12)23(24)25/h1-11H,(H2,21,22,27)/b20-11-. The fourth-order valence-electron chi connectivity index (χ4n) is 2.19. The van der Waals surface area contributed by atoms with Gasteiger partial charge in [-0.1, -0.05) is 12.1 Å². The molecule has 7 nitrogen and oxygen atoms in total. The molecule has 27 heavy (non-hydrogen) atoms. The lowest BCUT2D eigenvalue weighted by Crippen LogP contribution is -2.24. The number of para-hydroxylation sites is 1. The molecule has 3 rings (SSSR count). The summed E-state index contributed by atoms with van der Waals surface area (Å²) in [7, 11) is 0. The highest BCUT2D eigenvalue weighted by Gasteiger charge is 2.08. The number of anilines is 1. The molecule has 3 aromatic rings. The number of hydrogen-bond acceptors (Lipinski definition) is 5. The summed E-state index contributed by atoms with van der Waals surface area (Å²) in [5, 5.41) is 17.4. The van der Waals surface area contributed by atoms with Crippen molar-refractivity contribution in [2.24, 2.45) is 5.10 Å². The smallest absolute Gasteiger partial charge is 0.269 e. The van der Waals surface area contributed by atoms with E-state index in [0.29, 0.717) is 17.1 Å². The predicted molar refractivity (Wildman–Crippen MR) is 104 cm³/mol. The summed E-state index contributed by atoms with van der Waals surface area (Å²) in [4.78, 5) is 10.2. The van der Waals surface area contributed by atoms with E-state index in [9.17, 15) is 14.5 Å². The number of rotatable bonds is 5. The Balaban J connectivity index is 1.59. The molecule has 2 N–H and O–H groups in total. The van der Waals surface area contributed by atoms with Crippen LogP contribution in [0.3, 0.4) is 0 Å². The van der Waals surface area contributed by atoms with Crippen molar-refractivity contribution in [1.82, 2.24) is 5.43 Å². The Hall–Kier alpha value is -3.59. The van der Waals surface area contributed by atoms with Gasteiger partial charge in [0, 0.05) is 17.7 Å². The summed E-state index contributed by atoms with van der Waals surface area (Å²) in [6.45, 7) is 0. The average molecular weight is 384 g/mol. The van der Waals surface area contributed by atoms with E-state index in [1.165, 1.54) is 24.4 Å². The quantitative estimate of drug-likeness (QED) is 0.295. The molecule has 2 aromatic carbocycles. The molecule has 0 atom stereocenters. The first-order chi connectivity index (χ1) is 13.0. The summed E-state index contributed by atoms with van der Waals surface area (Å²) < 4.78 is 19.1. The summed E-state index contributed by atoms with van der Waals surface area (Å²) in [6, 6.07) is 15.5. The Morgan fingerprint density at radius 3 is 2.59 bits per heavy atom. The fourth-order valence-corrected chi connectivity index (χ4v) is 2.35. The molecule has 136 valence electrons. The third-order valence-electron chi connectivity index (χ3n) is 3.47. The molecule has 9 heteroatoms. The van der Waals surface area contributed by atoms with Crippen LogP contribution in [0.1, 0.15) is 5.76 Å². The van der Waals surface area contributed by atoms with Crippen molar-refractivity contribution in [2.75, 3.05) is 5.32 Å². The lowest BCUT2D eigenvalue weighted by Gasteiger charge is -2.07. The Kier molecular flexibility index (Phi) is 5.53. The highest BCUT2D eigenvalue weighted by Crippen LogP contribution is 2.24. The lowest BCUT2D eigenvalue weighted by molar-refractivity contribution is -0.384. The SMILES string of the molecule is O=[N+]([O-])c1ccc(-c2ccc(/C=N\NC(=S)Nc3ccccc3F)o2)cc1. The second kappa shape index (κ2) is 8.19. The zero-order valence-electron chi connectivity index (χ0n) is 13.8. The minimum atomic E-state index is -0.464. The third-order valence-corrected chi connectivity index (χ3v) is 3.66. The predicted octanol–water partition coefficient (Wildman–Crippen LogP) is 4.31. The molecule has 0 aliphatic carbocycles. The molecule has 0 aliphatic heterocycles. The largest absolute Gasteiger partial charge is 0.455 e. The minimum Gasteiger partial charge on any atom is -0.455 e. The molecular weight excluding hydrogens is 371 g/mol. The maximum atomic E-state index is 13.5. The Morgan fingerprint density at radius 1 is 1.15 bits per heavy atom. The van der Waals surface area contributed by atoms with Gasteiger partial charge >= 0.3 is 0 Å². The van der Waals surface area contributed by atoms with Gasteiger partial charge in [0.25, 0.3) is 5.69 Å². The minimum absolute atomic E-state index is 0.00663. The molecule has 0 fully saturated rings. The van der Waals surface area contributed by atoms with Gasteiger partial charge in [-0.15, -0.1) is 0 Å². The Labute approximate surface area is 158 Å². The first kappa shape index (κ1) is 18.2. The number of hydrogen-bond donors (Lipinski definition) is 2. The van der Waals surface area contributed by atoms with E-state index in [1.807, 2.05) is 0 Å². The number of nitrogens with one attached hydrogen (secondary N) is 2. The van der Waals surface area contributed by atoms with E-state index >= 15 is 0 Å². The molecule has 0 amide bonds. The maximum Gasteiger partial charge on any atom is 0.269 e. The Morgan fingerprint density at radius 2 is 1.89 bits per heavy atom. The zero-order valence-corrected chi connectivity index (χ0v) is 14.6. The number of nitro groups is 1. The van der Waals surface area contributed by atoms with E-state index in [1.54, 1.807) is 42.5 Å². The molecule has 0 unspecified atom stereocenters. The van der Waals surface area contributed by atoms with Crippen LogP contribution in [-0.2, 0) is 0 Å². The molecule has 0 aliphatic rings. The first-order valence-corrected chi connectivity index (χ1v) is 8.13. The van der Waals surface area contributed by atoms with Crippen LogP contribution >= 0.6 is 12.2 Å². The lowest BCUT2D eigenvalue weighted by atomic mass is 10.1. The van der Waals surface area contributed by atoms with Crippen molar-refractivity contribution in [3.8, 4) is 11.3 Å². The highest BCUT2D eigenvalue weighted by atomic mass is 32.1. The van der Waals surface area contributed by atoms with E-state index in [0.717, 1.165) is 0 Å². The van der Waals surface area contributed by atoms with Gasteiger partial charge in [-0.3, -0.25) is 15.5 Å². The molecule has 1 heterocycles. The van der Waals surface area contributed by atoms with Gasteiger partial charge in [0.2, 0.25) is 0 Å². The number of benzene rings is 2. The van der Waals surface area contributed by atoms with Crippen molar-refractivity contribution < 1.29 is 13.7 Å². The summed E-state index contributed by atoms with van der Waals surface area (Å²) in [5.74, 6) is 0.562. The molecule has 0 saturated heterocycles. The topological polar surface area (TPSA) is 92.7 Å². The van der Waals surface area contributed by atoms with Crippen molar-refractivity contribution in [1.29, 1.82) is 0 Å². The van der Waals surface area contributed by atoms with Gasteiger partial charge in [0.15, 0.2) is 5.11 Å². The van der Waals surface area contributed by atoms with Crippen LogP contribution < -0.4 is 10.7 Å². The molecule has 0 saturated carbocycles. The number of halogens is 1. The molecule has 0 radical (unpaired) electrons. The van der Waals surface area contributed by atoms with Gasteiger partial charge in [-0.2, -0.15) is 5.10 Å². The van der Waals surface area contributed by atoms with Crippen molar-refractivity contribution >= 4 is 34.9 Å². The van der Waals surface area contributed by atoms with Gasteiger partial charge in [-0.25, -0.2) is 4.39 Å².